The van der Waals surface area contributed by atoms with Crippen LogP contribution in [0.2, 0.25) is 0 Å². The van der Waals surface area contributed by atoms with Crippen molar-refractivity contribution in [3.63, 3.8) is 0 Å². The van der Waals surface area contributed by atoms with Gasteiger partial charge in [-0.3, -0.25) is 4.79 Å². The minimum atomic E-state index is -3.43. The molecule has 0 aliphatic heterocycles. The molecule has 2 rings (SSSR count). The number of carbonyl (C=O) groups excluding carboxylic acids is 2. The van der Waals surface area contributed by atoms with Crippen molar-refractivity contribution in [3.8, 4) is 5.88 Å². The summed E-state index contributed by atoms with van der Waals surface area (Å²) >= 11 is 0. The molecule has 0 fully saturated rings. The summed E-state index contributed by atoms with van der Waals surface area (Å²) in [6.07, 6.45) is 2.50. The number of esters is 1. The van der Waals surface area contributed by atoms with Crippen LogP contribution in [0.15, 0.2) is 17.2 Å². The van der Waals surface area contributed by atoms with Crippen LogP contribution in [0, 0.1) is 20.8 Å². The van der Waals surface area contributed by atoms with Gasteiger partial charge in [0.2, 0.25) is 5.88 Å². The van der Waals surface area contributed by atoms with E-state index in [1.807, 2.05) is 0 Å². The number of carbonyl (C=O) groups is 2. The molecule has 0 saturated heterocycles. The van der Waals surface area contributed by atoms with Gasteiger partial charge in [-0.05, 0) is 50.5 Å². The van der Waals surface area contributed by atoms with Crippen molar-refractivity contribution >= 4 is 21.6 Å². The second-order valence-electron chi connectivity index (χ2n) is 6.50. The molecule has 0 amide bonds. The minimum absolute atomic E-state index is 0.139. The maximum atomic E-state index is 13.1. The summed E-state index contributed by atoms with van der Waals surface area (Å²) in [5.41, 5.74) is 2.13. The summed E-state index contributed by atoms with van der Waals surface area (Å²) in [4.78, 5) is 24.9. The Labute approximate surface area is 164 Å². The number of ether oxygens (including phenoxy) is 2. The summed E-state index contributed by atoms with van der Waals surface area (Å²) in [7, 11) is -1.83. The Bertz CT molecular complexity index is 1040. The molecule has 9 heteroatoms. The van der Waals surface area contributed by atoms with Crippen LogP contribution in [0.25, 0.3) is 0 Å². The minimum Gasteiger partial charge on any atom is -0.465 e. The van der Waals surface area contributed by atoms with Gasteiger partial charge in [-0.1, -0.05) is 0 Å². The standard InChI is InChI=1S/C19H24N2O6S/c1-7-26-16(22)10-27-19-15(9-20-21(19)5)17(23)14-8-11(2)18(28(6,24)25)13(4)12(14)3/h8-9H,7,10H2,1-6H3. The Balaban J connectivity index is 2.47. The number of sulfone groups is 1. The van der Waals surface area contributed by atoms with Crippen molar-refractivity contribution in [2.24, 2.45) is 7.05 Å². The van der Waals surface area contributed by atoms with Crippen LogP contribution in [0.3, 0.4) is 0 Å². The first-order chi connectivity index (χ1) is 13.0. The molecular formula is C19H24N2O6S. The van der Waals surface area contributed by atoms with Crippen molar-refractivity contribution in [1.29, 1.82) is 0 Å². The van der Waals surface area contributed by atoms with Gasteiger partial charge in [0.25, 0.3) is 0 Å². The fraction of sp³-hybridized carbons (Fsp3) is 0.421. The Morgan fingerprint density at radius 1 is 1.14 bits per heavy atom. The van der Waals surface area contributed by atoms with E-state index < -0.39 is 15.8 Å². The van der Waals surface area contributed by atoms with Crippen LogP contribution >= 0.6 is 0 Å². The van der Waals surface area contributed by atoms with Gasteiger partial charge in [-0.25, -0.2) is 17.9 Å². The Morgan fingerprint density at radius 3 is 2.36 bits per heavy atom. The summed E-state index contributed by atoms with van der Waals surface area (Å²) in [5.74, 6) is -0.780. The van der Waals surface area contributed by atoms with Crippen molar-refractivity contribution in [2.45, 2.75) is 32.6 Å². The molecule has 0 unspecified atom stereocenters. The van der Waals surface area contributed by atoms with Gasteiger partial charge in [0.1, 0.15) is 5.56 Å². The zero-order valence-electron chi connectivity index (χ0n) is 16.8. The molecule has 2 aromatic rings. The van der Waals surface area contributed by atoms with Crippen LogP contribution in [0.5, 0.6) is 5.88 Å². The highest BCUT2D eigenvalue weighted by Crippen LogP contribution is 2.29. The number of benzene rings is 1. The molecule has 152 valence electrons. The highest BCUT2D eigenvalue weighted by atomic mass is 32.2. The normalized spacial score (nSPS) is 11.4. The lowest BCUT2D eigenvalue weighted by Crippen LogP contribution is -2.17. The van der Waals surface area contributed by atoms with E-state index in [9.17, 15) is 18.0 Å². The molecule has 0 atom stereocenters. The van der Waals surface area contributed by atoms with E-state index in [4.69, 9.17) is 9.47 Å². The third-order valence-corrected chi connectivity index (χ3v) is 5.77. The fourth-order valence-corrected chi connectivity index (χ4v) is 4.45. The molecule has 1 aromatic carbocycles. The maximum absolute atomic E-state index is 13.1. The lowest BCUT2D eigenvalue weighted by atomic mass is 9.95. The third kappa shape index (κ3) is 4.24. The van der Waals surface area contributed by atoms with E-state index in [1.54, 1.807) is 40.8 Å². The topological polar surface area (TPSA) is 105 Å². The van der Waals surface area contributed by atoms with Crippen LogP contribution in [-0.4, -0.2) is 49.4 Å². The number of hydrogen-bond acceptors (Lipinski definition) is 7. The number of nitrogens with zero attached hydrogens (tertiary/aromatic N) is 2. The average Bonchev–Trinajstić information content (AvgIpc) is 2.95. The molecule has 28 heavy (non-hydrogen) atoms. The van der Waals surface area contributed by atoms with Crippen LogP contribution in [0.1, 0.15) is 39.5 Å². The molecular weight excluding hydrogens is 384 g/mol. The summed E-state index contributed by atoms with van der Waals surface area (Å²) in [6, 6.07) is 1.56. The Hall–Kier alpha value is -2.68. The molecule has 0 bridgehead atoms. The van der Waals surface area contributed by atoms with Gasteiger partial charge >= 0.3 is 5.97 Å². The second-order valence-corrected chi connectivity index (χ2v) is 8.45. The molecule has 0 N–H and O–H groups in total. The highest BCUT2D eigenvalue weighted by Gasteiger charge is 2.25. The molecule has 8 nitrogen and oxygen atoms in total. The molecule has 1 heterocycles. The van der Waals surface area contributed by atoms with Gasteiger partial charge in [-0.15, -0.1) is 0 Å². The first-order valence-electron chi connectivity index (χ1n) is 8.65. The van der Waals surface area contributed by atoms with Crippen LogP contribution in [0.4, 0.5) is 0 Å². The van der Waals surface area contributed by atoms with Crippen LogP contribution in [-0.2, 0) is 26.4 Å². The van der Waals surface area contributed by atoms with E-state index in [2.05, 4.69) is 5.10 Å². The van der Waals surface area contributed by atoms with E-state index in [0.717, 1.165) is 6.26 Å². The van der Waals surface area contributed by atoms with Gasteiger partial charge in [0.15, 0.2) is 22.2 Å². The van der Waals surface area contributed by atoms with E-state index >= 15 is 0 Å². The first-order valence-corrected chi connectivity index (χ1v) is 10.5. The summed E-state index contributed by atoms with van der Waals surface area (Å²) in [5, 5.41) is 4.04. The molecule has 0 saturated carbocycles. The number of hydrogen-bond donors (Lipinski definition) is 0. The smallest absolute Gasteiger partial charge is 0.344 e. The summed E-state index contributed by atoms with van der Waals surface area (Å²) < 4.78 is 35.8. The predicted octanol–water partition coefficient (Wildman–Crippen LogP) is 1.92. The average molecular weight is 408 g/mol. The number of rotatable bonds is 7. The lowest BCUT2D eigenvalue weighted by Gasteiger charge is -2.15. The van der Waals surface area contributed by atoms with Crippen LogP contribution < -0.4 is 4.74 Å². The fourth-order valence-electron chi connectivity index (χ4n) is 3.09. The van der Waals surface area contributed by atoms with E-state index in [0.29, 0.717) is 22.3 Å². The van der Waals surface area contributed by atoms with Crippen molar-refractivity contribution in [1.82, 2.24) is 9.78 Å². The number of ketones is 1. The SMILES string of the molecule is CCOC(=O)COc1c(C(=O)c2cc(C)c(S(C)(=O)=O)c(C)c2C)cnn1C. The van der Waals surface area contributed by atoms with Gasteiger partial charge in [-0.2, -0.15) is 5.10 Å². The molecule has 0 aliphatic rings. The number of aryl methyl sites for hydroxylation is 2. The van der Waals surface area contributed by atoms with Gasteiger partial charge in [0, 0.05) is 18.9 Å². The van der Waals surface area contributed by atoms with Crippen molar-refractivity contribution in [2.75, 3.05) is 19.5 Å². The van der Waals surface area contributed by atoms with Crippen molar-refractivity contribution in [3.05, 3.63) is 40.1 Å². The van der Waals surface area contributed by atoms with Gasteiger partial charge in [0.05, 0.1) is 17.7 Å². The highest BCUT2D eigenvalue weighted by molar-refractivity contribution is 7.90. The molecule has 0 spiro atoms. The lowest BCUT2D eigenvalue weighted by molar-refractivity contribution is -0.145. The Morgan fingerprint density at radius 2 is 1.79 bits per heavy atom. The van der Waals surface area contributed by atoms with Crippen molar-refractivity contribution < 1.29 is 27.5 Å². The van der Waals surface area contributed by atoms with Gasteiger partial charge < -0.3 is 9.47 Å². The zero-order chi connectivity index (χ0) is 21.2. The zero-order valence-corrected chi connectivity index (χ0v) is 17.6. The quantitative estimate of drug-likeness (QED) is 0.509. The monoisotopic (exact) mass is 408 g/mol. The molecule has 1 aromatic heterocycles. The Kier molecular flexibility index (Phi) is 6.28. The maximum Gasteiger partial charge on any atom is 0.344 e. The van der Waals surface area contributed by atoms with E-state index in [1.165, 1.54) is 10.9 Å². The third-order valence-electron chi connectivity index (χ3n) is 4.40. The number of aromatic nitrogens is 2. The second kappa shape index (κ2) is 8.14. The van der Waals surface area contributed by atoms with E-state index in [-0.39, 0.29) is 35.3 Å². The largest absolute Gasteiger partial charge is 0.465 e. The summed E-state index contributed by atoms with van der Waals surface area (Å²) in [6.45, 7) is 6.59. The predicted molar refractivity (Wildman–Crippen MR) is 103 cm³/mol. The first kappa shape index (κ1) is 21.6. The molecule has 0 radical (unpaired) electrons. The molecule has 0 aliphatic carbocycles.